The standard InChI is InChI=1S/C12H17F2NO/c1-2-11(8-16)15-7-9-3-5-10(6-4-9)12(13)14/h3-6,11-12,15-16H,2,7-8H2,1H3. The number of alkyl halides is 2. The van der Waals surface area contributed by atoms with Gasteiger partial charge in [0, 0.05) is 18.2 Å². The van der Waals surface area contributed by atoms with Gasteiger partial charge in [-0.15, -0.1) is 0 Å². The van der Waals surface area contributed by atoms with Crippen LogP contribution in [-0.4, -0.2) is 17.8 Å². The summed E-state index contributed by atoms with van der Waals surface area (Å²) < 4.78 is 24.5. The molecule has 0 aromatic heterocycles. The van der Waals surface area contributed by atoms with E-state index in [2.05, 4.69) is 5.32 Å². The largest absolute Gasteiger partial charge is 0.395 e. The Morgan fingerprint density at radius 3 is 2.31 bits per heavy atom. The van der Waals surface area contributed by atoms with Crippen molar-refractivity contribution >= 4 is 0 Å². The number of hydrogen-bond donors (Lipinski definition) is 2. The molecule has 2 nitrogen and oxygen atoms in total. The van der Waals surface area contributed by atoms with Crippen molar-refractivity contribution in [1.29, 1.82) is 0 Å². The summed E-state index contributed by atoms with van der Waals surface area (Å²) >= 11 is 0. The van der Waals surface area contributed by atoms with Gasteiger partial charge in [0.15, 0.2) is 0 Å². The van der Waals surface area contributed by atoms with Gasteiger partial charge >= 0.3 is 0 Å². The summed E-state index contributed by atoms with van der Waals surface area (Å²) in [6.07, 6.45) is -1.58. The molecule has 0 amide bonds. The molecule has 0 aliphatic rings. The highest BCUT2D eigenvalue weighted by Crippen LogP contribution is 2.18. The zero-order chi connectivity index (χ0) is 12.0. The third-order valence-electron chi connectivity index (χ3n) is 2.54. The molecule has 1 aromatic rings. The van der Waals surface area contributed by atoms with Crippen LogP contribution in [0.3, 0.4) is 0 Å². The van der Waals surface area contributed by atoms with Gasteiger partial charge in [0.25, 0.3) is 6.43 Å². The molecular formula is C12H17F2NO. The lowest BCUT2D eigenvalue weighted by Gasteiger charge is -2.13. The molecule has 0 saturated carbocycles. The van der Waals surface area contributed by atoms with Crippen molar-refractivity contribution in [1.82, 2.24) is 5.32 Å². The highest BCUT2D eigenvalue weighted by atomic mass is 19.3. The third-order valence-corrected chi connectivity index (χ3v) is 2.54. The number of hydrogen-bond acceptors (Lipinski definition) is 2. The van der Waals surface area contributed by atoms with Crippen LogP contribution in [0.25, 0.3) is 0 Å². The summed E-state index contributed by atoms with van der Waals surface area (Å²) in [5.74, 6) is 0. The number of benzene rings is 1. The molecular weight excluding hydrogens is 212 g/mol. The molecule has 0 aliphatic carbocycles. The molecule has 2 N–H and O–H groups in total. The van der Waals surface area contributed by atoms with Gasteiger partial charge in [0.2, 0.25) is 0 Å². The van der Waals surface area contributed by atoms with E-state index in [-0.39, 0.29) is 18.2 Å². The maximum Gasteiger partial charge on any atom is 0.263 e. The highest BCUT2D eigenvalue weighted by molar-refractivity contribution is 5.23. The average molecular weight is 229 g/mol. The number of aliphatic hydroxyl groups is 1. The molecule has 1 atom stereocenters. The fourth-order valence-corrected chi connectivity index (χ4v) is 1.38. The SMILES string of the molecule is CCC(CO)NCc1ccc(C(F)F)cc1. The molecule has 0 heterocycles. The first kappa shape index (κ1) is 13.1. The van der Waals surface area contributed by atoms with E-state index >= 15 is 0 Å². The second-order valence-electron chi connectivity index (χ2n) is 3.71. The smallest absolute Gasteiger partial charge is 0.263 e. The molecule has 0 bridgehead atoms. The number of rotatable bonds is 6. The van der Waals surface area contributed by atoms with Crippen molar-refractivity contribution in [2.75, 3.05) is 6.61 Å². The molecule has 1 rings (SSSR count). The van der Waals surface area contributed by atoms with Crippen LogP contribution in [-0.2, 0) is 6.54 Å². The molecule has 90 valence electrons. The van der Waals surface area contributed by atoms with Crippen molar-refractivity contribution < 1.29 is 13.9 Å². The normalized spacial score (nSPS) is 13.1. The van der Waals surface area contributed by atoms with E-state index in [1.54, 1.807) is 12.1 Å². The minimum absolute atomic E-state index is 0.0398. The Morgan fingerprint density at radius 1 is 1.25 bits per heavy atom. The Kier molecular flexibility index (Phi) is 5.35. The quantitative estimate of drug-likeness (QED) is 0.785. The van der Waals surface area contributed by atoms with Crippen LogP contribution in [0, 0.1) is 0 Å². The fourth-order valence-electron chi connectivity index (χ4n) is 1.38. The van der Waals surface area contributed by atoms with E-state index in [0.29, 0.717) is 6.54 Å². The van der Waals surface area contributed by atoms with Crippen molar-refractivity contribution in [3.8, 4) is 0 Å². The van der Waals surface area contributed by atoms with Crippen LogP contribution in [0.4, 0.5) is 8.78 Å². The van der Waals surface area contributed by atoms with Gasteiger partial charge in [-0.25, -0.2) is 8.78 Å². The van der Waals surface area contributed by atoms with E-state index in [9.17, 15) is 8.78 Å². The molecule has 0 radical (unpaired) electrons. The van der Waals surface area contributed by atoms with E-state index < -0.39 is 6.43 Å². The van der Waals surface area contributed by atoms with Gasteiger partial charge in [-0.3, -0.25) is 0 Å². The lowest BCUT2D eigenvalue weighted by molar-refractivity contribution is 0.151. The molecule has 0 saturated heterocycles. The van der Waals surface area contributed by atoms with E-state index in [4.69, 9.17) is 5.11 Å². The maximum absolute atomic E-state index is 12.3. The zero-order valence-electron chi connectivity index (χ0n) is 9.29. The first-order chi connectivity index (χ1) is 7.67. The van der Waals surface area contributed by atoms with E-state index in [0.717, 1.165) is 12.0 Å². The molecule has 1 aromatic carbocycles. The minimum Gasteiger partial charge on any atom is -0.395 e. The summed E-state index contributed by atoms with van der Waals surface area (Å²) in [5, 5.41) is 12.1. The second kappa shape index (κ2) is 6.55. The van der Waals surface area contributed by atoms with Crippen LogP contribution < -0.4 is 5.32 Å². The van der Waals surface area contributed by atoms with Crippen molar-refractivity contribution in [2.45, 2.75) is 32.4 Å². The van der Waals surface area contributed by atoms with E-state index in [1.807, 2.05) is 6.92 Å². The summed E-state index contributed by atoms with van der Waals surface area (Å²) in [7, 11) is 0. The molecule has 0 fully saturated rings. The van der Waals surface area contributed by atoms with Crippen LogP contribution in [0.15, 0.2) is 24.3 Å². The third kappa shape index (κ3) is 3.87. The lowest BCUT2D eigenvalue weighted by Crippen LogP contribution is -2.31. The van der Waals surface area contributed by atoms with Crippen LogP contribution >= 0.6 is 0 Å². The summed E-state index contributed by atoms with van der Waals surface area (Å²) in [6, 6.07) is 6.29. The molecule has 0 aliphatic heterocycles. The van der Waals surface area contributed by atoms with Gasteiger partial charge in [-0.05, 0) is 12.0 Å². The van der Waals surface area contributed by atoms with Crippen LogP contribution in [0.5, 0.6) is 0 Å². The highest BCUT2D eigenvalue weighted by Gasteiger charge is 2.06. The lowest BCUT2D eigenvalue weighted by atomic mass is 10.1. The summed E-state index contributed by atoms with van der Waals surface area (Å²) in [5.41, 5.74) is 0.981. The van der Waals surface area contributed by atoms with Crippen molar-refractivity contribution in [2.24, 2.45) is 0 Å². The van der Waals surface area contributed by atoms with Crippen molar-refractivity contribution in [3.05, 3.63) is 35.4 Å². The minimum atomic E-state index is -2.41. The first-order valence-corrected chi connectivity index (χ1v) is 5.38. The molecule has 0 spiro atoms. The Bertz CT molecular complexity index is 296. The van der Waals surface area contributed by atoms with Gasteiger partial charge in [0.05, 0.1) is 6.61 Å². The number of halogens is 2. The predicted octanol–water partition coefficient (Wildman–Crippen LogP) is 2.48. The first-order valence-electron chi connectivity index (χ1n) is 5.38. The Morgan fingerprint density at radius 2 is 1.88 bits per heavy atom. The number of nitrogens with one attached hydrogen (secondary N) is 1. The average Bonchev–Trinajstić information content (AvgIpc) is 2.31. The van der Waals surface area contributed by atoms with Gasteiger partial charge in [0.1, 0.15) is 0 Å². The number of aliphatic hydroxyl groups excluding tert-OH is 1. The maximum atomic E-state index is 12.3. The molecule has 1 unspecified atom stereocenters. The van der Waals surface area contributed by atoms with Gasteiger partial charge < -0.3 is 10.4 Å². The van der Waals surface area contributed by atoms with Crippen LogP contribution in [0.2, 0.25) is 0 Å². The Labute approximate surface area is 94.3 Å². The van der Waals surface area contributed by atoms with Gasteiger partial charge in [-0.1, -0.05) is 31.2 Å². The fraction of sp³-hybridized carbons (Fsp3) is 0.500. The van der Waals surface area contributed by atoms with Crippen LogP contribution in [0.1, 0.15) is 30.9 Å². The van der Waals surface area contributed by atoms with E-state index in [1.165, 1.54) is 12.1 Å². The van der Waals surface area contributed by atoms with Gasteiger partial charge in [-0.2, -0.15) is 0 Å². The monoisotopic (exact) mass is 229 g/mol. The molecule has 4 heteroatoms. The zero-order valence-corrected chi connectivity index (χ0v) is 9.29. The molecule has 16 heavy (non-hydrogen) atoms. The second-order valence-corrected chi connectivity index (χ2v) is 3.71. The summed E-state index contributed by atoms with van der Waals surface area (Å²) in [4.78, 5) is 0. The van der Waals surface area contributed by atoms with Crippen molar-refractivity contribution in [3.63, 3.8) is 0 Å². The summed E-state index contributed by atoms with van der Waals surface area (Å²) in [6.45, 7) is 2.65. The Hall–Kier alpha value is -1.00. The Balaban J connectivity index is 2.49. The topological polar surface area (TPSA) is 32.3 Å². The predicted molar refractivity (Wildman–Crippen MR) is 59.4 cm³/mol.